The van der Waals surface area contributed by atoms with Crippen LogP contribution in [0.3, 0.4) is 0 Å². The summed E-state index contributed by atoms with van der Waals surface area (Å²) in [5, 5.41) is 2.78. The van der Waals surface area contributed by atoms with Crippen molar-refractivity contribution in [2.24, 2.45) is 0 Å². The van der Waals surface area contributed by atoms with E-state index >= 15 is 0 Å². The van der Waals surface area contributed by atoms with Crippen molar-refractivity contribution in [3.63, 3.8) is 0 Å². The van der Waals surface area contributed by atoms with Gasteiger partial charge in [-0.05, 0) is 24.6 Å². The van der Waals surface area contributed by atoms with Crippen molar-refractivity contribution in [2.45, 2.75) is 6.92 Å². The molecule has 2 aromatic rings. The summed E-state index contributed by atoms with van der Waals surface area (Å²) in [4.78, 5) is 19.0. The zero-order chi connectivity index (χ0) is 13.8. The Morgan fingerprint density at radius 1 is 1.32 bits per heavy atom. The van der Waals surface area contributed by atoms with Crippen LogP contribution < -0.4 is 5.32 Å². The zero-order valence-corrected chi connectivity index (χ0v) is 10.5. The monoisotopic (exact) mass is 261 g/mol. The number of aromatic nitrogens is 2. The number of ether oxygens (including phenoxy) is 1. The number of nitrogens with one attached hydrogen (secondary N) is 1. The van der Waals surface area contributed by atoms with Crippen LogP contribution in [0.25, 0.3) is 0 Å². The van der Waals surface area contributed by atoms with E-state index in [-0.39, 0.29) is 11.5 Å². The van der Waals surface area contributed by atoms with Gasteiger partial charge in [-0.25, -0.2) is 19.2 Å². The maximum atomic E-state index is 13.6. The summed E-state index contributed by atoms with van der Waals surface area (Å²) in [6, 6.07) is 4.81. The van der Waals surface area contributed by atoms with Gasteiger partial charge in [0.15, 0.2) is 5.69 Å². The third-order valence-electron chi connectivity index (χ3n) is 2.43. The van der Waals surface area contributed by atoms with E-state index in [2.05, 4.69) is 20.0 Å². The minimum absolute atomic E-state index is 0.0948. The molecule has 0 aliphatic rings. The molecule has 2 rings (SSSR count). The van der Waals surface area contributed by atoms with Gasteiger partial charge in [0.2, 0.25) is 0 Å². The van der Waals surface area contributed by atoms with Crippen LogP contribution >= 0.6 is 0 Å². The topological polar surface area (TPSA) is 64.1 Å². The first-order valence-electron chi connectivity index (χ1n) is 5.53. The van der Waals surface area contributed by atoms with Gasteiger partial charge in [-0.2, -0.15) is 0 Å². The third-order valence-corrected chi connectivity index (χ3v) is 2.43. The van der Waals surface area contributed by atoms with Gasteiger partial charge in [-0.3, -0.25) is 0 Å². The Hall–Kier alpha value is -2.50. The molecule has 0 bridgehead atoms. The second-order valence-electron chi connectivity index (χ2n) is 3.89. The number of methoxy groups -OCH3 is 1. The summed E-state index contributed by atoms with van der Waals surface area (Å²) in [5.41, 5.74) is 1.22. The molecule has 1 heterocycles. The number of carbonyl (C=O) groups excluding carboxylic acids is 1. The van der Waals surface area contributed by atoms with Crippen LogP contribution in [0.1, 0.15) is 16.1 Å². The molecule has 1 aromatic carbocycles. The molecule has 0 saturated heterocycles. The fraction of sp³-hybridized carbons (Fsp3) is 0.154. The minimum Gasteiger partial charge on any atom is -0.464 e. The van der Waals surface area contributed by atoms with E-state index in [0.717, 1.165) is 5.56 Å². The molecule has 0 radical (unpaired) electrons. The van der Waals surface area contributed by atoms with Gasteiger partial charge in [-0.1, -0.05) is 6.07 Å². The number of hydrogen-bond donors (Lipinski definition) is 1. The predicted molar refractivity (Wildman–Crippen MR) is 67.8 cm³/mol. The Bertz CT molecular complexity index is 599. The van der Waals surface area contributed by atoms with Crippen LogP contribution in [0.5, 0.6) is 0 Å². The highest BCUT2D eigenvalue weighted by molar-refractivity contribution is 5.86. The van der Waals surface area contributed by atoms with Gasteiger partial charge in [0, 0.05) is 0 Å². The molecular weight excluding hydrogens is 249 g/mol. The molecule has 0 unspecified atom stereocenters. The number of rotatable bonds is 3. The number of esters is 1. The first kappa shape index (κ1) is 12.9. The van der Waals surface area contributed by atoms with Crippen molar-refractivity contribution in [1.82, 2.24) is 9.97 Å². The van der Waals surface area contributed by atoms with E-state index in [9.17, 15) is 9.18 Å². The molecule has 6 heteroatoms. The van der Waals surface area contributed by atoms with Gasteiger partial charge in [0.25, 0.3) is 0 Å². The fourth-order valence-corrected chi connectivity index (χ4v) is 1.46. The molecule has 0 aliphatic heterocycles. The summed E-state index contributed by atoms with van der Waals surface area (Å²) in [7, 11) is 1.26. The Kier molecular flexibility index (Phi) is 3.70. The van der Waals surface area contributed by atoms with E-state index in [1.165, 1.54) is 25.6 Å². The minimum atomic E-state index is -0.569. The molecule has 0 saturated carbocycles. The molecule has 5 nitrogen and oxygen atoms in total. The molecule has 0 fully saturated rings. The lowest BCUT2D eigenvalue weighted by molar-refractivity contribution is 0.0593. The second kappa shape index (κ2) is 5.43. The van der Waals surface area contributed by atoms with E-state index in [0.29, 0.717) is 11.5 Å². The lowest BCUT2D eigenvalue weighted by Crippen LogP contribution is -2.06. The number of carbonyl (C=O) groups is 1. The molecular formula is C13H12FN3O2. The highest BCUT2D eigenvalue weighted by atomic mass is 19.1. The van der Waals surface area contributed by atoms with Crippen LogP contribution in [-0.2, 0) is 4.74 Å². The Morgan fingerprint density at radius 2 is 2.11 bits per heavy atom. The van der Waals surface area contributed by atoms with Gasteiger partial charge >= 0.3 is 5.97 Å². The Balaban J connectivity index is 2.17. The average Bonchev–Trinajstić information content (AvgIpc) is 2.42. The Labute approximate surface area is 109 Å². The van der Waals surface area contributed by atoms with Crippen molar-refractivity contribution in [2.75, 3.05) is 12.4 Å². The first-order valence-corrected chi connectivity index (χ1v) is 5.53. The predicted octanol–water partition coefficient (Wildman–Crippen LogP) is 2.45. The quantitative estimate of drug-likeness (QED) is 0.860. The first-order chi connectivity index (χ1) is 9.10. The van der Waals surface area contributed by atoms with Gasteiger partial charge in [0.1, 0.15) is 11.6 Å². The molecule has 0 atom stereocenters. The molecule has 19 heavy (non-hydrogen) atoms. The summed E-state index contributed by atoms with van der Waals surface area (Å²) >= 11 is 0. The number of aryl methyl sites for hydroxylation is 1. The fourth-order valence-electron chi connectivity index (χ4n) is 1.46. The number of anilines is 2. The second-order valence-corrected chi connectivity index (χ2v) is 3.89. The number of halogens is 1. The maximum absolute atomic E-state index is 13.6. The van der Waals surface area contributed by atoms with E-state index in [1.54, 1.807) is 19.1 Å². The van der Waals surface area contributed by atoms with E-state index < -0.39 is 5.97 Å². The Morgan fingerprint density at radius 3 is 2.68 bits per heavy atom. The standard InChI is InChI=1S/C13H12FN3O2/c1-8-3-4-10(9(14)5-8)17-12-7-15-11(6-16-12)13(18)19-2/h3-7H,1-2H3,(H,16,17). The summed E-state index contributed by atoms with van der Waals surface area (Å²) < 4.78 is 18.1. The number of nitrogens with zero attached hydrogens (tertiary/aromatic N) is 2. The summed E-state index contributed by atoms with van der Waals surface area (Å²) in [6.45, 7) is 1.80. The molecule has 1 N–H and O–H groups in total. The van der Waals surface area contributed by atoms with Crippen LogP contribution in [-0.4, -0.2) is 23.0 Å². The smallest absolute Gasteiger partial charge is 0.358 e. The lowest BCUT2D eigenvalue weighted by Gasteiger charge is -2.07. The van der Waals surface area contributed by atoms with Crippen LogP contribution in [0.4, 0.5) is 15.9 Å². The van der Waals surface area contributed by atoms with Gasteiger partial charge in [-0.15, -0.1) is 0 Å². The van der Waals surface area contributed by atoms with Crippen molar-refractivity contribution in [3.8, 4) is 0 Å². The van der Waals surface area contributed by atoms with Crippen molar-refractivity contribution in [3.05, 3.63) is 47.7 Å². The van der Waals surface area contributed by atoms with E-state index in [4.69, 9.17) is 0 Å². The lowest BCUT2D eigenvalue weighted by atomic mass is 10.2. The average molecular weight is 261 g/mol. The highest BCUT2D eigenvalue weighted by Gasteiger charge is 2.08. The SMILES string of the molecule is COC(=O)c1cnc(Nc2ccc(C)cc2F)cn1. The normalized spacial score (nSPS) is 10.1. The summed E-state index contributed by atoms with van der Waals surface area (Å²) in [5.74, 6) is -0.602. The largest absolute Gasteiger partial charge is 0.464 e. The highest BCUT2D eigenvalue weighted by Crippen LogP contribution is 2.19. The van der Waals surface area contributed by atoms with Crippen molar-refractivity contribution >= 4 is 17.5 Å². The molecule has 0 spiro atoms. The van der Waals surface area contributed by atoms with Crippen molar-refractivity contribution < 1.29 is 13.9 Å². The number of benzene rings is 1. The summed E-state index contributed by atoms with van der Waals surface area (Å²) in [6.07, 6.45) is 2.60. The van der Waals surface area contributed by atoms with E-state index in [1.807, 2.05) is 0 Å². The molecule has 98 valence electrons. The third kappa shape index (κ3) is 3.04. The van der Waals surface area contributed by atoms with Crippen molar-refractivity contribution in [1.29, 1.82) is 0 Å². The number of hydrogen-bond acceptors (Lipinski definition) is 5. The molecule has 1 aromatic heterocycles. The van der Waals surface area contributed by atoms with Gasteiger partial charge in [0.05, 0.1) is 25.2 Å². The zero-order valence-electron chi connectivity index (χ0n) is 10.5. The van der Waals surface area contributed by atoms with Crippen LogP contribution in [0.15, 0.2) is 30.6 Å². The van der Waals surface area contributed by atoms with Crippen LogP contribution in [0.2, 0.25) is 0 Å². The molecule has 0 aliphatic carbocycles. The molecule has 0 amide bonds. The van der Waals surface area contributed by atoms with Crippen LogP contribution in [0, 0.1) is 12.7 Å². The maximum Gasteiger partial charge on any atom is 0.358 e. The van der Waals surface area contributed by atoms with Gasteiger partial charge < -0.3 is 10.1 Å².